The molecule has 0 amide bonds. The quantitative estimate of drug-likeness (QED) is 0.273. The van der Waals surface area contributed by atoms with Crippen LogP contribution in [-0.2, 0) is 33.0 Å². The van der Waals surface area contributed by atoms with Crippen molar-refractivity contribution >= 4 is 21.9 Å². The first-order valence-electron chi connectivity index (χ1n) is 6.55. The lowest BCUT2D eigenvalue weighted by Gasteiger charge is -2.28. The van der Waals surface area contributed by atoms with E-state index in [2.05, 4.69) is 4.74 Å². The highest BCUT2D eigenvalue weighted by Crippen LogP contribution is 2.07. The smallest absolute Gasteiger partial charge is 0.323 e. The van der Waals surface area contributed by atoms with Gasteiger partial charge in [-0.2, -0.15) is 0 Å². The molecule has 0 aromatic rings. The topological polar surface area (TPSA) is 83.5 Å². The summed E-state index contributed by atoms with van der Waals surface area (Å²) >= 11 is 0. The maximum atomic E-state index is 11.8. The van der Waals surface area contributed by atoms with E-state index in [1.807, 2.05) is 11.5 Å². The minimum Gasteiger partial charge on any atom is -0.469 e. The number of ether oxygens (including phenoxy) is 4. The number of nitrogens with zero attached hydrogens (tertiary/aromatic N) is 1. The number of rotatable bonds is 11. The predicted octanol–water partition coefficient (Wildman–Crippen LogP) is -0.953. The summed E-state index contributed by atoms with van der Waals surface area (Å²) in [6.07, 6.45) is -0.515. The van der Waals surface area contributed by atoms with Crippen LogP contribution < -0.4 is 0 Å². The van der Waals surface area contributed by atoms with Gasteiger partial charge in [0.2, 0.25) is 9.92 Å². The zero-order chi connectivity index (χ0) is 16.3. The van der Waals surface area contributed by atoms with Crippen molar-refractivity contribution in [2.24, 2.45) is 0 Å². The Kier molecular flexibility index (Phi) is 11.1. The molecular weight excluding hydrogens is 298 g/mol. The molecule has 124 valence electrons. The molecule has 0 rings (SSSR count). The van der Waals surface area contributed by atoms with E-state index < -0.39 is 34.2 Å². The van der Waals surface area contributed by atoms with Gasteiger partial charge in [-0.3, -0.25) is 14.2 Å². The Labute approximate surface area is 127 Å². The molecule has 0 saturated carbocycles. The molecule has 0 aliphatic rings. The third kappa shape index (κ3) is 7.53. The summed E-state index contributed by atoms with van der Waals surface area (Å²) in [6.45, 7) is 2.71. The van der Waals surface area contributed by atoms with E-state index in [0.29, 0.717) is 6.54 Å². The van der Waals surface area contributed by atoms with E-state index in [1.54, 1.807) is 0 Å². The van der Waals surface area contributed by atoms with Crippen molar-refractivity contribution < 1.29 is 33.0 Å². The average Bonchev–Trinajstić information content (AvgIpc) is 2.52. The zero-order valence-corrected chi connectivity index (χ0v) is 14.7. The molecule has 0 aliphatic heterocycles. The summed E-state index contributed by atoms with van der Waals surface area (Å²) in [7, 11) is 4.38. The van der Waals surface area contributed by atoms with Gasteiger partial charge in [0, 0.05) is 14.2 Å². The molecule has 0 heterocycles. The van der Waals surface area contributed by atoms with Gasteiger partial charge in [-0.1, -0.05) is 6.92 Å². The van der Waals surface area contributed by atoms with Gasteiger partial charge in [0.1, 0.15) is 6.04 Å². The number of esters is 2. The summed E-state index contributed by atoms with van der Waals surface area (Å²) in [5, 5.41) is 0. The lowest BCUT2D eigenvalue weighted by Crippen LogP contribution is -2.46. The first-order valence-corrected chi connectivity index (χ1v) is 7.76. The van der Waals surface area contributed by atoms with Crippen LogP contribution in [0.4, 0.5) is 0 Å². The molecule has 0 spiro atoms. The van der Waals surface area contributed by atoms with Gasteiger partial charge in [0.15, 0.2) is 6.29 Å². The van der Waals surface area contributed by atoms with Gasteiger partial charge in [-0.15, -0.1) is 0 Å². The second-order valence-electron chi connectivity index (χ2n) is 4.13. The lowest BCUT2D eigenvalue weighted by molar-refractivity contribution is -0.152. The lowest BCUT2D eigenvalue weighted by atomic mass is 10.2. The molecule has 0 bridgehead atoms. The van der Waals surface area contributed by atoms with E-state index in [4.69, 9.17) is 18.6 Å². The van der Waals surface area contributed by atoms with E-state index in [1.165, 1.54) is 28.4 Å². The largest absolute Gasteiger partial charge is 0.469 e. The van der Waals surface area contributed by atoms with Crippen LogP contribution >= 0.6 is 0 Å². The molecule has 0 aromatic heterocycles. The molecule has 0 fully saturated rings. The van der Waals surface area contributed by atoms with Gasteiger partial charge in [0.05, 0.1) is 27.2 Å². The molecular formula is C12H25NO7Si. The molecule has 0 saturated heterocycles. The Balaban J connectivity index is 4.58. The summed E-state index contributed by atoms with van der Waals surface area (Å²) in [4.78, 5) is 23.2. The van der Waals surface area contributed by atoms with Gasteiger partial charge >= 0.3 is 11.9 Å². The van der Waals surface area contributed by atoms with Crippen LogP contribution in [0.25, 0.3) is 0 Å². The Hall–Kier alpha value is -1.00. The van der Waals surface area contributed by atoms with Gasteiger partial charge in [-0.05, 0) is 6.54 Å². The zero-order valence-electron chi connectivity index (χ0n) is 13.3. The molecule has 9 heteroatoms. The van der Waals surface area contributed by atoms with Crippen LogP contribution in [0.1, 0.15) is 13.3 Å². The Morgan fingerprint density at radius 3 is 2.14 bits per heavy atom. The third-order valence-electron chi connectivity index (χ3n) is 2.94. The van der Waals surface area contributed by atoms with Crippen LogP contribution in [0, 0.1) is 0 Å². The summed E-state index contributed by atoms with van der Waals surface area (Å²) in [6, 6.07) is -0.692. The highest BCUT2D eigenvalue weighted by atomic mass is 28.2. The Morgan fingerprint density at radius 1 is 1.10 bits per heavy atom. The summed E-state index contributed by atoms with van der Waals surface area (Å²) < 4.78 is 26.8. The molecule has 0 radical (unpaired) electrons. The minimum atomic E-state index is -1.22. The molecule has 1 atom stereocenters. The highest BCUT2D eigenvalue weighted by Gasteiger charge is 2.29. The SMILES string of the molecule is CCN([SiH2]OCC(OC)OC)C(CC(=O)OC)C(=O)OC. The van der Waals surface area contributed by atoms with Crippen molar-refractivity contribution in [3.8, 4) is 0 Å². The Morgan fingerprint density at radius 2 is 1.71 bits per heavy atom. The van der Waals surface area contributed by atoms with E-state index in [9.17, 15) is 9.59 Å². The van der Waals surface area contributed by atoms with Crippen molar-refractivity contribution in [1.82, 2.24) is 4.57 Å². The van der Waals surface area contributed by atoms with Crippen LogP contribution in [0.3, 0.4) is 0 Å². The fourth-order valence-corrected chi connectivity index (χ4v) is 2.81. The first kappa shape index (κ1) is 20.0. The van der Waals surface area contributed by atoms with Crippen LogP contribution in [0.2, 0.25) is 0 Å². The maximum Gasteiger partial charge on any atom is 0.323 e. The van der Waals surface area contributed by atoms with Crippen molar-refractivity contribution in [1.29, 1.82) is 0 Å². The number of carbonyl (C=O) groups is 2. The average molecular weight is 323 g/mol. The van der Waals surface area contributed by atoms with Crippen molar-refractivity contribution in [2.45, 2.75) is 25.7 Å². The predicted molar refractivity (Wildman–Crippen MR) is 77.1 cm³/mol. The molecule has 8 nitrogen and oxygen atoms in total. The van der Waals surface area contributed by atoms with Crippen molar-refractivity contribution in [3.63, 3.8) is 0 Å². The fourth-order valence-electron chi connectivity index (χ4n) is 1.64. The van der Waals surface area contributed by atoms with Gasteiger partial charge in [-0.25, -0.2) is 0 Å². The van der Waals surface area contributed by atoms with E-state index in [0.717, 1.165) is 0 Å². The highest BCUT2D eigenvalue weighted by molar-refractivity contribution is 6.24. The standard InChI is InChI=1S/C12H25NO7Si/c1-6-13(21-20-8-11(17-3)18-4)9(12(15)19-5)7-10(14)16-2/h9,11H,6-8,21H2,1-5H3. The summed E-state index contributed by atoms with van der Waals surface area (Å²) in [5.41, 5.74) is 0. The van der Waals surface area contributed by atoms with Crippen molar-refractivity contribution in [3.05, 3.63) is 0 Å². The molecule has 0 aliphatic carbocycles. The Bertz CT molecular complexity index is 312. The molecule has 1 unspecified atom stereocenters. The van der Waals surface area contributed by atoms with Crippen LogP contribution in [0.15, 0.2) is 0 Å². The number of hydrogen-bond donors (Lipinski definition) is 0. The van der Waals surface area contributed by atoms with Crippen molar-refractivity contribution in [2.75, 3.05) is 41.6 Å². The monoisotopic (exact) mass is 323 g/mol. The molecule has 21 heavy (non-hydrogen) atoms. The van der Waals surface area contributed by atoms with Gasteiger partial charge < -0.3 is 23.4 Å². The van der Waals surface area contributed by atoms with Crippen LogP contribution in [0.5, 0.6) is 0 Å². The normalized spacial score (nSPS) is 13.1. The molecule has 0 aromatic carbocycles. The second kappa shape index (κ2) is 11.6. The van der Waals surface area contributed by atoms with E-state index in [-0.39, 0.29) is 13.0 Å². The fraction of sp³-hybridized carbons (Fsp3) is 0.833. The van der Waals surface area contributed by atoms with E-state index >= 15 is 0 Å². The number of methoxy groups -OCH3 is 4. The third-order valence-corrected chi connectivity index (χ3v) is 4.58. The number of likely N-dealkylation sites (N-methyl/N-ethyl adjacent to an activating group) is 1. The number of hydrogen-bond acceptors (Lipinski definition) is 8. The summed E-state index contributed by atoms with van der Waals surface area (Å²) in [5.74, 6) is -0.946. The second-order valence-corrected chi connectivity index (χ2v) is 5.60. The number of carbonyl (C=O) groups excluding carboxylic acids is 2. The molecule has 0 N–H and O–H groups in total. The minimum absolute atomic E-state index is 0.0641. The van der Waals surface area contributed by atoms with Crippen LogP contribution in [-0.4, -0.2) is 80.4 Å². The van der Waals surface area contributed by atoms with Gasteiger partial charge in [0.25, 0.3) is 0 Å². The first-order chi connectivity index (χ1) is 10.0. The maximum absolute atomic E-state index is 11.8.